The second kappa shape index (κ2) is 10.4. The maximum atomic E-state index is 13.9. The maximum absolute atomic E-state index is 13.9. The first-order valence-corrected chi connectivity index (χ1v) is 12.2. The van der Waals surface area contributed by atoms with Gasteiger partial charge in [0.2, 0.25) is 0 Å². The third-order valence-electron chi connectivity index (χ3n) is 6.50. The molecule has 1 unspecified atom stereocenters. The SMILES string of the molecule is CCC(C)(C)OC(=O)COc1ccc2nc(C)n(C(c3ccccc3)c3ccccc3C)c(=O)c2c1. The molecule has 0 spiro atoms. The van der Waals surface area contributed by atoms with E-state index in [9.17, 15) is 9.59 Å². The van der Waals surface area contributed by atoms with Gasteiger partial charge in [-0.2, -0.15) is 0 Å². The molecule has 6 nitrogen and oxygen atoms in total. The highest BCUT2D eigenvalue weighted by Gasteiger charge is 2.23. The third-order valence-corrected chi connectivity index (χ3v) is 6.50. The van der Waals surface area contributed by atoms with Crippen molar-refractivity contribution in [1.29, 1.82) is 0 Å². The molecule has 0 aliphatic carbocycles. The zero-order valence-corrected chi connectivity index (χ0v) is 21.4. The van der Waals surface area contributed by atoms with E-state index in [2.05, 4.69) is 0 Å². The third kappa shape index (κ3) is 5.33. The summed E-state index contributed by atoms with van der Waals surface area (Å²) in [4.78, 5) is 30.9. The number of aryl methyl sites for hydroxylation is 2. The highest BCUT2D eigenvalue weighted by Crippen LogP contribution is 2.30. The molecule has 3 aromatic carbocycles. The Morgan fingerprint density at radius 1 is 1.00 bits per heavy atom. The van der Waals surface area contributed by atoms with Gasteiger partial charge in [-0.05, 0) is 69.0 Å². The van der Waals surface area contributed by atoms with Gasteiger partial charge >= 0.3 is 5.97 Å². The van der Waals surface area contributed by atoms with Gasteiger partial charge in [-0.3, -0.25) is 9.36 Å². The van der Waals surface area contributed by atoms with Crippen molar-refractivity contribution in [3.8, 4) is 5.75 Å². The van der Waals surface area contributed by atoms with Crippen LogP contribution >= 0.6 is 0 Å². The summed E-state index contributed by atoms with van der Waals surface area (Å²) in [5.41, 5.74) is 2.96. The molecular formula is C30H32N2O4. The van der Waals surface area contributed by atoms with Gasteiger partial charge in [-0.25, -0.2) is 9.78 Å². The van der Waals surface area contributed by atoms with Crippen molar-refractivity contribution in [2.45, 2.75) is 52.7 Å². The number of carbonyl (C=O) groups is 1. The lowest BCUT2D eigenvalue weighted by atomic mass is 9.94. The topological polar surface area (TPSA) is 70.4 Å². The van der Waals surface area contributed by atoms with E-state index in [4.69, 9.17) is 14.5 Å². The molecule has 1 aromatic heterocycles. The van der Waals surface area contributed by atoms with E-state index in [1.165, 1.54) is 0 Å². The van der Waals surface area contributed by atoms with Crippen LogP contribution in [0.1, 0.15) is 55.7 Å². The Morgan fingerprint density at radius 2 is 1.69 bits per heavy atom. The summed E-state index contributed by atoms with van der Waals surface area (Å²) >= 11 is 0. The lowest BCUT2D eigenvalue weighted by Crippen LogP contribution is -2.30. The monoisotopic (exact) mass is 484 g/mol. The fourth-order valence-corrected chi connectivity index (χ4v) is 4.23. The molecule has 0 N–H and O–H groups in total. The zero-order chi connectivity index (χ0) is 25.9. The predicted octanol–water partition coefficient (Wildman–Crippen LogP) is 5.76. The second-order valence-corrected chi connectivity index (χ2v) is 9.56. The summed E-state index contributed by atoms with van der Waals surface area (Å²) in [6.45, 7) is 9.33. The Bertz CT molecular complexity index is 1440. The van der Waals surface area contributed by atoms with E-state index in [1.54, 1.807) is 22.8 Å². The molecule has 36 heavy (non-hydrogen) atoms. The highest BCUT2D eigenvalue weighted by molar-refractivity contribution is 5.79. The van der Waals surface area contributed by atoms with Gasteiger partial charge in [0, 0.05) is 0 Å². The average molecular weight is 485 g/mol. The molecule has 0 aliphatic heterocycles. The first-order chi connectivity index (χ1) is 17.2. The molecule has 0 fully saturated rings. The molecule has 1 atom stereocenters. The van der Waals surface area contributed by atoms with Crippen LogP contribution < -0.4 is 10.3 Å². The average Bonchev–Trinajstić information content (AvgIpc) is 2.86. The van der Waals surface area contributed by atoms with Crippen molar-refractivity contribution < 1.29 is 14.3 Å². The Hall–Kier alpha value is -3.93. The summed E-state index contributed by atoms with van der Waals surface area (Å²) in [7, 11) is 0. The standard InChI is InChI=1S/C30H32N2O4/c1-6-30(4,5)36-27(33)19-35-23-16-17-26-25(18-23)29(34)32(21(3)31-26)28(22-13-8-7-9-14-22)24-15-11-10-12-20(24)2/h7-18,28H,6,19H2,1-5H3. The van der Waals surface area contributed by atoms with Crippen LogP contribution in [0, 0.1) is 13.8 Å². The highest BCUT2D eigenvalue weighted by atomic mass is 16.6. The molecule has 0 aliphatic rings. The largest absolute Gasteiger partial charge is 0.482 e. The van der Waals surface area contributed by atoms with Gasteiger partial charge in [0.15, 0.2) is 6.61 Å². The summed E-state index contributed by atoms with van der Waals surface area (Å²) in [6, 6.07) is 22.8. The number of esters is 1. The van der Waals surface area contributed by atoms with Gasteiger partial charge in [-0.15, -0.1) is 0 Å². The number of nitrogens with zero attached hydrogens (tertiary/aromatic N) is 2. The van der Waals surface area contributed by atoms with E-state index in [-0.39, 0.29) is 18.2 Å². The van der Waals surface area contributed by atoms with Crippen LogP contribution in [0.2, 0.25) is 0 Å². The molecule has 0 bridgehead atoms. The number of carbonyl (C=O) groups excluding carboxylic acids is 1. The number of fused-ring (bicyclic) bond motifs is 1. The van der Waals surface area contributed by atoms with E-state index in [0.717, 1.165) is 16.7 Å². The van der Waals surface area contributed by atoms with Crippen LogP contribution in [0.4, 0.5) is 0 Å². The van der Waals surface area contributed by atoms with Gasteiger partial charge in [0.1, 0.15) is 17.2 Å². The van der Waals surface area contributed by atoms with Crippen molar-refractivity contribution in [2.75, 3.05) is 6.61 Å². The smallest absolute Gasteiger partial charge is 0.344 e. The number of ether oxygens (including phenoxy) is 2. The fourth-order valence-electron chi connectivity index (χ4n) is 4.23. The number of rotatable bonds is 8. The van der Waals surface area contributed by atoms with Gasteiger partial charge in [0.05, 0.1) is 16.9 Å². The molecule has 0 amide bonds. The van der Waals surface area contributed by atoms with Crippen LogP contribution in [0.5, 0.6) is 5.75 Å². The first kappa shape index (κ1) is 25.2. The molecular weight excluding hydrogens is 452 g/mol. The van der Waals surface area contributed by atoms with Gasteiger partial charge < -0.3 is 9.47 Å². The fraction of sp³-hybridized carbons (Fsp3) is 0.300. The zero-order valence-electron chi connectivity index (χ0n) is 21.4. The Kier molecular flexibility index (Phi) is 7.25. The predicted molar refractivity (Wildman–Crippen MR) is 142 cm³/mol. The van der Waals surface area contributed by atoms with E-state index in [1.807, 2.05) is 89.2 Å². The summed E-state index contributed by atoms with van der Waals surface area (Å²) in [6.07, 6.45) is 0.697. The molecule has 0 radical (unpaired) electrons. The Balaban J connectivity index is 1.76. The lowest BCUT2D eigenvalue weighted by molar-refractivity contribution is -0.159. The van der Waals surface area contributed by atoms with E-state index in [0.29, 0.717) is 28.9 Å². The summed E-state index contributed by atoms with van der Waals surface area (Å²) in [5.74, 6) is 0.573. The summed E-state index contributed by atoms with van der Waals surface area (Å²) < 4.78 is 12.9. The molecule has 4 aromatic rings. The van der Waals surface area contributed by atoms with Crippen molar-refractivity contribution in [2.24, 2.45) is 0 Å². The minimum atomic E-state index is -0.555. The molecule has 4 rings (SSSR count). The number of benzene rings is 3. The summed E-state index contributed by atoms with van der Waals surface area (Å²) in [5, 5.41) is 0.426. The Morgan fingerprint density at radius 3 is 2.39 bits per heavy atom. The van der Waals surface area contributed by atoms with Crippen molar-refractivity contribution in [1.82, 2.24) is 9.55 Å². The van der Waals surface area contributed by atoms with E-state index < -0.39 is 11.6 Å². The first-order valence-electron chi connectivity index (χ1n) is 12.2. The molecule has 186 valence electrons. The van der Waals surface area contributed by atoms with Crippen molar-refractivity contribution >= 4 is 16.9 Å². The van der Waals surface area contributed by atoms with Crippen LogP contribution in [0.25, 0.3) is 10.9 Å². The number of aromatic nitrogens is 2. The van der Waals surface area contributed by atoms with Crippen molar-refractivity contribution in [3.63, 3.8) is 0 Å². The molecule has 0 saturated carbocycles. The van der Waals surface area contributed by atoms with Gasteiger partial charge in [-0.1, -0.05) is 61.5 Å². The molecule has 6 heteroatoms. The van der Waals surface area contributed by atoms with E-state index >= 15 is 0 Å². The minimum absolute atomic E-state index is 0.172. The number of hydrogen-bond acceptors (Lipinski definition) is 5. The van der Waals surface area contributed by atoms with Crippen LogP contribution in [0.3, 0.4) is 0 Å². The lowest BCUT2D eigenvalue weighted by Gasteiger charge is -2.25. The van der Waals surface area contributed by atoms with Crippen molar-refractivity contribution in [3.05, 3.63) is 106 Å². The minimum Gasteiger partial charge on any atom is -0.482 e. The number of hydrogen-bond donors (Lipinski definition) is 0. The normalized spacial score (nSPS) is 12.4. The Labute approximate surface area is 211 Å². The quantitative estimate of drug-likeness (QED) is 0.297. The van der Waals surface area contributed by atoms with Crippen LogP contribution in [-0.2, 0) is 9.53 Å². The molecule has 1 heterocycles. The maximum Gasteiger partial charge on any atom is 0.344 e. The molecule has 0 saturated heterocycles. The second-order valence-electron chi connectivity index (χ2n) is 9.56. The van der Waals surface area contributed by atoms with Crippen LogP contribution in [-0.4, -0.2) is 27.7 Å². The van der Waals surface area contributed by atoms with Crippen LogP contribution in [0.15, 0.2) is 77.6 Å². The van der Waals surface area contributed by atoms with Gasteiger partial charge in [0.25, 0.3) is 5.56 Å².